The van der Waals surface area contributed by atoms with Crippen molar-refractivity contribution in [3.05, 3.63) is 35.5 Å². The number of aliphatic carboxylic acids is 1. The maximum Gasteiger partial charge on any atom is 0.310 e. The first-order valence-electron chi connectivity index (χ1n) is 8.15. The molecule has 2 N–H and O–H groups in total. The number of hydrogen-bond donors (Lipinski definition) is 2. The van der Waals surface area contributed by atoms with Crippen molar-refractivity contribution in [1.82, 2.24) is 9.46 Å². The summed E-state index contributed by atoms with van der Waals surface area (Å²) in [6.45, 7) is 3.25. The standard InChI is InChI=1S/C17H20N2O6S/c1-10-3-4-12(15-7-11(2)18-25-15)8-16(10)26(23,24)19-6-5-14(20)13(9-19)17(21)22/h3-4,7-8,13-14,20H,5-6,9H2,1-2H3,(H,21,22)/t13-,14-/m0/s1. The van der Waals surface area contributed by atoms with Crippen LogP contribution in [0.15, 0.2) is 33.7 Å². The average Bonchev–Trinajstić information content (AvgIpc) is 3.01. The summed E-state index contributed by atoms with van der Waals surface area (Å²) in [5.74, 6) is -1.89. The van der Waals surface area contributed by atoms with Gasteiger partial charge in [0, 0.05) is 24.7 Å². The highest BCUT2D eigenvalue weighted by atomic mass is 32.2. The van der Waals surface area contributed by atoms with E-state index in [-0.39, 0.29) is 24.4 Å². The summed E-state index contributed by atoms with van der Waals surface area (Å²) in [5, 5.41) is 22.8. The Morgan fingerprint density at radius 1 is 1.31 bits per heavy atom. The molecule has 0 unspecified atom stereocenters. The Kier molecular flexibility index (Phi) is 4.87. The van der Waals surface area contributed by atoms with E-state index >= 15 is 0 Å². The van der Waals surface area contributed by atoms with E-state index in [1.165, 1.54) is 6.07 Å². The van der Waals surface area contributed by atoms with Crippen LogP contribution in [0.4, 0.5) is 0 Å². The molecule has 1 saturated heterocycles. The fraction of sp³-hybridized carbons (Fsp3) is 0.412. The lowest BCUT2D eigenvalue weighted by atomic mass is 9.96. The number of carbonyl (C=O) groups is 1. The topological polar surface area (TPSA) is 121 Å². The number of aliphatic hydroxyl groups is 1. The number of rotatable bonds is 4. The smallest absolute Gasteiger partial charge is 0.310 e. The fourth-order valence-corrected chi connectivity index (χ4v) is 4.77. The van der Waals surface area contributed by atoms with Crippen molar-refractivity contribution in [2.24, 2.45) is 5.92 Å². The van der Waals surface area contributed by atoms with Crippen molar-refractivity contribution < 1.29 is 27.9 Å². The predicted octanol–water partition coefficient (Wildman–Crippen LogP) is 1.41. The molecule has 0 amide bonds. The number of carboxylic acid groups (broad SMARTS) is 1. The van der Waals surface area contributed by atoms with Crippen molar-refractivity contribution in [3.63, 3.8) is 0 Å². The Bertz CT molecular complexity index is 936. The van der Waals surface area contributed by atoms with Crippen LogP contribution >= 0.6 is 0 Å². The van der Waals surface area contributed by atoms with Gasteiger partial charge in [0.1, 0.15) is 0 Å². The van der Waals surface area contributed by atoms with Gasteiger partial charge in [-0.2, -0.15) is 4.31 Å². The Balaban J connectivity index is 1.98. The minimum absolute atomic E-state index is 0.0678. The van der Waals surface area contributed by atoms with Gasteiger partial charge < -0.3 is 14.7 Å². The molecule has 9 heteroatoms. The number of aromatic nitrogens is 1. The Labute approximate surface area is 151 Å². The van der Waals surface area contributed by atoms with E-state index < -0.39 is 28.0 Å². The van der Waals surface area contributed by atoms with E-state index in [4.69, 9.17) is 4.52 Å². The van der Waals surface area contributed by atoms with Gasteiger partial charge in [0.25, 0.3) is 0 Å². The quantitative estimate of drug-likeness (QED) is 0.822. The Hall–Kier alpha value is -2.23. The molecular formula is C17H20N2O6S. The summed E-state index contributed by atoms with van der Waals surface area (Å²) in [4.78, 5) is 11.4. The SMILES string of the molecule is Cc1cc(-c2ccc(C)c(S(=O)(=O)N3CC[C@H](O)[C@@H](C(=O)O)C3)c2)on1. The first-order valence-corrected chi connectivity index (χ1v) is 9.59. The summed E-state index contributed by atoms with van der Waals surface area (Å²) in [6, 6.07) is 6.63. The third-order valence-corrected chi connectivity index (χ3v) is 6.58. The third-order valence-electron chi connectivity index (χ3n) is 4.57. The number of aryl methyl sites for hydroxylation is 2. The second-order valence-electron chi connectivity index (χ2n) is 6.48. The lowest BCUT2D eigenvalue weighted by molar-refractivity contribution is -0.147. The maximum absolute atomic E-state index is 13.1. The second-order valence-corrected chi connectivity index (χ2v) is 8.38. The summed E-state index contributed by atoms with van der Waals surface area (Å²) < 4.78 is 32.5. The van der Waals surface area contributed by atoms with E-state index in [9.17, 15) is 23.4 Å². The van der Waals surface area contributed by atoms with Crippen LogP contribution in [-0.4, -0.2) is 53.3 Å². The van der Waals surface area contributed by atoms with Crippen molar-refractivity contribution in [2.75, 3.05) is 13.1 Å². The van der Waals surface area contributed by atoms with Gasteiger partial charge in [-0.1, -0.05) is 17.3 Å². The first-order chi connectivity index (χ1) is 12.2. The van der Waals surface area contributed by atoms with Crippen LogP contribution in [0.25, 0.3) is 11.3 Å². The number of nitrogens with zero attached hydrogens (tertiary/aromatic N) is 2. The number of hydrogen-bond acceptors (Lipinski definition) is 6. The molecule has 1 fully saturated rings. The molecule has 2 heterocycles. The summed E-state index contributed by atoms with van der Waals surface area (Å²) >= 11 is 0. The predicted molar refractivity (Wildman–Crippen MR) is 91.9 cm³/mol. The van der Waals surface area contributed by atoms with E-state index in [0.717, 1.165) is 4.31 Å². The molecule has 26 heavy (non-hydrogen) atoms. The lowest BCUT2D eigenvalue weighted by Crippen LogP contribution is -2.48. The lowest BCUT2D eigenvalue weighted by Gasteiger charge is -2.33. The van der Waals surface area contributed by atoms with Crippen molar-refractivity contribution in [2.45, 2.75) is 31.3 Å². The molecule has 0 saturated carbocycles. The molecule has 0 bridgehead atoms. The number of sulfonamides is 1. The van der Waals surface area contributed by atoms with Gasteiger partial charge in [0.05, 0.1) is 22.6 Å². The van der Waals surface area contributed by atoms with Crippen LogP contribution in [0, 0.1) is 19.8 Å². The molecular weight excluding hydrogens is 360 g/mol. The van der Waals surface area contributed by atoms with E-state index in [1.54, 1.807) is 32.0 Å². The molecule has 2 aromatic rings. The van der Waals surface area contributed by atoms with Crippen LogP contribution in [-0.2, 0) is 14.8 Å². The van der Waals surface area contributed by atoms with Gasteiger partial charge in [-0.25, -0.2) is 8.42 Å². The van der Waals surface area contributed by atoms with Gasteiger partial charge in [0.15, 0.2) is 5.76 Å². The number of piperidine rings is 1. The normalized spacial score (nSPS) is 21.7. The highest BCUT2D eigenvalue weighted by Crippen LogP contribution is 2.30. The summed E-state index contributed by atoms with van der Waals surface area (Å²) in [7, 11) is -3.91. The zero-order valence-electron chi connectivity index (χ0n) is 14.4. The largest absolute Gasteiger partial charge is 0.481 e. The summed E-state index contributed by atoms with van der Waals surface area (Å²) in [6.07, 6.45) is -0.973. The first kappa shape index (κ1) is 18.6. The molecule has 8 nitrogen and oxygen atoms in total. The Morgan fingerprint density at radius 2 is 2.04 bits per heavy atom. The van der Waals surface area contributed by atoms with Crippen molar-refractivity contribution in [3.8, 4) is 11.3 Å². The zero-order chi connectivity index (χ0) is 19.1. The minimum atomic E-state index is -3.91. The second kappa shape index (κ2) is 6.82. The maximum atomic E-state index is 13.1. The third kappa shape index (κ3) is 3.37. The summed E-state index contributed by atoms with van der Waals surface area (Å²) in [5.41, 5.74) is 1.80. The number of aliphatic hydroxyl groups excluding tert-OH is 1. The van der Waals surface area contributed by atoms with Gasteiger partial charge >= 0.3 is 5.97 Å². The van der Waals surface area contributed by atoms with Crippen LogP contribution in [0.2, 0.25) is 0 Å². The van der Waals surface area contributed by atoms with E-state index in [0.29, 0.717) is 22.6 Å². The van der Waals surface area contributed by atoms with Gasteiger partial charge in [-0.3, -0.25) is 4.79 Å². The average molecular weight is 380 g/mol. The van der Waals surface area contributed by atoms with Gasteiger partial charge in [0.2, 0.25) is 10.0 Å². The Morgan fingerprint density at radius 3 is 2.65 bits per heavy atom. The molecule has 1 aromatic heterocycles. The molecule has 0 radical (unpaired) electrons. The molecule has 140 valence electrons. The van der Waals surface area contributed by atoms with Crippen LogP contribution in [0.3, 0.4) is 0 Å². The number of carboxylic acids is 1. The van der Waals surface area contributed by atoms with E-state index in [1.807, 2.05) is 0 Å². The van der Waals surface area contributed by atoms with Gasteiger partial charge in [-0.05, 0) is 31.9 Å². The fourth-order valence-electron chi connectivity index (χ4n) is 3.04. The van der Waals surface area contributed by atoms with Crippen molar-refractivity contribution >= 4 is 16.0 Å². The molecule has 1 aromatic carbocycles. The van der Waals surface area contributed by atoms with Crippen molar-refractivity contribution in [1.29, 1.82) is 0 Å². The highest BCUT2D eigenvalue weighted by molar-refractivity contribution is 7.89. The van der Waals surface area contributed by atoms with Gasteiger partial charge in [-0.15, -0.1) is 0 Å². The molecule has 2 atom stereocenters. The monoisotopic (exact) mass is 380 g/mol. The van der Waals surface area contributed by atoms with E-state index in [2.05, 4.69) is 5.16 Å². The van der Waals surface area contributed by atoms with Crippen LogP contribution in [0.5, 0.6) is 0 Å². The zero-order valence-corrected chi connectivity index (χ0v) is 15.2. The highest BCUT2D eigenvalue weighted by Gasteiger charge is 2.39. The minimum Gasteiger partial charge on any atom is -0.481 e. The molecule has 0 aliphatic carbocycles. The van der Waals surface area contributed by atoms with Crippen LogP contribution in [0.1, 0.15) is 17.7 Å². The molecule has 1 aliphatic heterocycles. The molecule has 3 rings (SSSR count). The number of benzene rings is 1. The van der Waals surface area contributed by atoms with Crippen LogP contribution < -0.4 is 0 Å². The molecule has 1 aliphatic rings. The molecule has 0 spiro atoms.